The van der Waals surface area contributed by atoms with Gasteiger partial charge in [0, 0.05) is 16.2 Å². The highest BCUT2D eigenvalue weighted by Gasteiger charge is 2.30. The number of nitrogens with one attached hydrogen (secondary N) is 2. The molecule has 0 aliphatic heterocycles. The van der Waals surface area contributed by atoms with Gasteiger partial charge in [-0.15, -0.1) is 0 Å². The van der Waals surface area contributed by atoms with E-state index in [2.05, 4.69) is 26.6 Å². The average molecular weight is 341 g/mol. The maximum atomic E-state index is 11.9. The number of anilines is 1. The van der Waals surface area contributed by atoms with E-state index in [-0.39, 0.29) is 18.0 Å². The molecule has 20 heavy (non-hydrogen) atoms. The summed E-state index contributed by atoms with van der Waals surface area (Å²) in [5.41, 5.74) is 1.80. The SMILES string of the molecule is Cc1ccc(NC(=O)N[C@H]2CC[C@@H](C(=O)O)C2)cc1Br. The first-order valence-electron chi connectivity index (χ1n) is 6.52. The van der Waals surface area contributed by atoms with E-state index in [1.165, 1.54) is 0 Å². The second kappa shape index (κ2) is 6.26. The van der Waals surface area contributed by atoms with E-state index < -0.39 is 5.97 Å². The molecule has 3 N–H and O–H groups in total. The number of rotatable bonds is 3. The van der Waals surface area contributed by atoms with Gasteiger partial charge >= 0.3 is 12.0 Å². The lowest BCUT2D eigenvalue weighted by Crippen LogP contribution is -2.36. The number of halogens is 1. The predicted molar refractivity (Wildman–Crippen MR) is 79.8 cm³/mol. The molecule has 5 nitrogen and oxygen atoms in total. The summed E-state index contributed by atoms with van der Waals surface area (Å²) in [5, 5.41) is 14.5. The zero-order chi connectivity index (χ0) is 14.7. The normalized spacial score (nSPS) is 21.5. The zero-order valence-electron chi connectivity index (χ0n) is 11.1. The molecule has 0 aromatic heterocycles. The molecule has 1 aliphatic carbocycles. The van der Waals surface area contributed by atoms with Gasteiger partial charge in [0.05, 0.1) is 5.92 Å². The van der Waals surface area contributed by atoms with Crippen LogP contribution in [0.2, 0.25) is 0 Å². The third-order valence-corrected chi connectivity index (χ3v) is 4.40. The third-order valence-electron chi connectivity index (χ3n) is 3.55. The number of aliphatic carboxylic acids is 1. The Labute approximate surface area is 125 Å². The minimum Gasteiger partial charge on any atom is -0.481 e. The summed E-state index contributed by atoms with van der Waals surface area (Å²) in [5.74, 6) is -1.12. The number of carboxylic acids is 1. The lowest BCUT2D eigenvalue weighted by Gasteiger charge is -2.14. The highest BCUT2D eigenvalue weighted by molar-refractivity contribution is 9.10. The number of amides is 2. The quantitative estimate of drug-likeness (QED) is 0.790. The van der Waals surface area contributed by atoms with Gasteiger partial charge in [0.1, 0.15) is 0 Å². The van der Waals surface area contributed by atoms with E-state index in [1.807, 2.05) is 25.1 Å². The molecular formula is C14H17BrN2O3. The Kier molecular flexibility index (Phi) is 4.65. The smallest absolute Gasteiger partial charge is 0.319 e. The van der Waals surface area contributed by atoms with Crippen LogP contribution in [0.25, 0.3) is 0 Å². The van der Waals surface area contributed by atoms with Crippen LogP contribution in [0.1, 0.15) is 24.8 Å². The maximum absolute atomic E-state index is 11.9. The van der Waals surface area contributed by atoms with Crippen molar-refractivity contribution in [2.24, 2.45) is 5.92 Å². The van der Waals surface area contributed by atoms with E-state index in [4.69, 9.17) is 5.11 Å². The summed E-state index contributed by atoms with van der Waals surface area (Å²) in [7, 11) is 0. The average Bonchev–Trinajstić information content (AvgIpc) is 2.82. The van der Waals surface area contributed by atoms with Crippen molar-refractivity contribution >= 4 is 33.6 Å². The Morgan fingerprint density at radius 3 is 2.70 bits per heavy atom. The summed E-state index contributed by atoms with van der Waals surface area (Å²) in [6.45, 7) is 1.97. The number of hydrogen-bond acceptors (Lipinski definition) is 2. The fourth-order valence-corrected chi connectivity index (χ4v) is 2.74. The van der Waals surface area contributed by atoms with Crippen molar-refractivity contribution in [1.82, 2.24) is 5.32 Å². The van der Waals surface area contributed by atoms with E-state index in [1.54, 1.807) is 0 Å². The molecule has 108 valence electrons. The van der Waals surface area contributed by atoms with Gasteiger partial charge in [-0.1, -0.05) is 22.0 Å². The molecule has 2 amide bonds. The molecule has 6 heteroatoms. The van der Waals surface area contributed by atoms with Crippen LogP contribution in [0.5, 0.6) is 0 Å². The van der Waals surface area contributed by atoms with Gasteiger partial charge in [0.2, 0.25) is 0 Å². The van der Waals surface area contributed by atoms with Crippen LogP contribution in [-0.2, 0) is 4.79 Å². The summed E-state index contributed by atoms with van der Waals surface area (Å²) in [4.78, 5) is 22.7. The zero-order valence-corrected chi connectivity index (χ0v) is 12.7. The van der Waals surface area contributed by atoms with E-state index in [0.29, 0.717) is 24.9 Å². The molecule has 1 aromatic rings. The predicted octanol–water partition coefficient (Wildman–Crippen LogP) is 3.13. The topological polar surface area (TPSA) is 78.4 Å². The van der Waals surface area contributed by atoms with Gasteiger partial charge in [0.15, 0.2) is 0 Å². The summed E-state index contributed by atoms with van der Waals surface area (Å²) in [6.07, 6.45) is 1.83. The number of benzene rings is 1. The monoisotopic (exact) mass is 340 g/mol. The van der Waals surface area contributed by atoms with Crippen molar-refractivity contribution < 1.29 is 14.7 Å². The Balaban J connectivity index is 1.87. The van der Waals surface area contributed by atoms with Crippen LogP contribution < -0.4 is 10.6 Å². The summed E-state index contributed by atoms with van der Waals surface area (Å²) >= 11 is 3.41. The Hall–Kier alpha value is -1.56. The van der Waals surface area contributed by atoms with Crippen LogP contribution in [0, 0.1) is 12.8 Å². The number of carbonyl (C=O) groups excluding carboxylic acids is 1. The number of aryl methyl sites for hydroxylation is 1. The van der Waals surface area contributed by atoms with Gasteiger partial charge in [-0.05, 0) is 43.9 Å². The second-order valence-electron chi connectivity index (χ2n) is 5.11. The van der Waals surface area contributed by atoms with Crippen molar-refractivity contribution in [2.75, 3.05) is 5.32 Å². The van der Waals surface area contributed by atoms with Gasteiger partial charge in [0.25, 0.3) is 0 Å². The third kappa shape index (κ3) is 3.72. The van der Waals surface area contributed by atoms with Crippen molar-refractivity contribution in [3.63, 3.8) is 0 Å². The van der Waals surface area contributed by atoms with Gasteiger partial charge in [-0.2, -0.15) is 0 Å². The first-order chi connectivity index (χ1) is 9.45. The largest absolute Gasteiger partial charge is 0.481 e. The molecule has 2 rings (SSSR count). The maximum Gasteiger partial charge on any atom is 0.319 e. The molecule has 1 aliphatic rings. The first-order valence-corrected chi connectivity index (χ1v) is 7.31. The van der Waals surface area contributed by atoms with Gasteiger partial charge < -0.3 is 15.7 Å². The number of carbonyl (C=O) groups is 2. The highest BCUT2D eigenvalue weighted by atomic mass is 79.9. The van der Waals surface area contributed by atoms with Crippen LogP contribution in [0.4, 0.5) is 10.5 Å². The molecule has 0 radical (unpaired) electrons. The molecule has 1 fully saturated rings. The van der Waals surface area contributed by atoms with Crippen molar-refractivity contribution in [1.29, 1.82) is 0 Å². The Bertz CT molecular complexity index is 533. The molecule has 1 aromatic carbocycles. The highest BCUT2D eigenvalue weighted by Crippen LogP contribution is 2.26. The fourth-order valence-electron chi connectivity index (χ4n) is 2.36. The minimum absolute atomic E-state index is 0.0648. The van der Waals surface area contributed by atoms with Crippen LogP contribution in [0.3, 0.4) is 0 Å². The lowest BCUT2D eigenvalue weighted by atomic mass is 10.1. The van der Waals surface area contributed by atoms with Crippen molar-refractivity contribution in [3.8, 4) is 0 Å². The van der Waals surface area contributed by atoms with Crippen LogP contribution in [-0.4, -0.2) is 23.1 Å². The summed E-state index contributed by atoms with van der Waals surface area (Å²) in [6, 6.07) is 5.22. The van der Waals surface area contributed by atoms with Gasteiger partial charge in [-0.25, -0.2) is 4.79 Å². The molecule has 1 saturated carbocycles. The molecule has 0 saturated heterocycles. The molecular weight excluding hydrogens is 324 g/mol. The van der Waals surface area contributed by atoms with Gasteiger partial charge in [-0.3, -0.25) is 4.79 Å². The Morgan fingerprint density at radius 2 is 2.10 bits per heavy atom. The van der Waals surface area contributed by atoms with Crippen molar-refractivity contribution in [3.05, 3.63) is 28.2 Å². The number of carboxylic acid groups (broad SMARTS) is 1. The number of hydrogen-bond donors (Lipinski definition) is 3. The molecule has 0 heterocycles. The van der Waals surface area contributed by atoms with Crippen molar-refractivity contribution in [2.45, 2.75) is 32.2 Å². The van der Waals surface area contributed by atoms with Crippen LogP contribution in [0.15, 0.2) is 22.7 Å². The second-order valence-corrected chi connectivity index (χ2v) is 5.96. The first kappa shape index (κ1) is 14.8. The molecule has 0 bridgehead atoms. The Morgan fingerprint density at radius 1 is 1.35 bits per heavy atom. The fraction of sp³-hybridized carbons (Fsp3) is 0.429. The van der Waals surface area contributed by atoms with E-state index in [9.17, 15) is 9.59 Å². The van der Waals surface area contributed by atoms with Crippen LogP contribution >= 0.6 is 15.9 Å². The summed E-state index contributed by atoms with van der Waals surface area (Å²) < 4.78 is 0.933. The molecule has 2 atom stereocenters. The molecule has 0 unspecified atom stereocenters. The number of urea groups is 1. The van der Waals surface area contributed by atoms with E-state index in [0.717, 1.165) is 10.0 Å². The minimum atomic E-state index is -0.780. The van der Waals surface area contributed by atoms with E-state index >= 15 is 0 Å². The molecule has 0 spiro atoms. The lowest BCUT2D eigenvalue weighted by molar-refractivity contribution is -0.141. The standard InChI is InChI=1S/C14H17BrN2O3/c1-8-2-4-11(7-12(8)15)17-14(20)16-10-5-3-9(6-10)13(18)19/h2,4,7,9-10H,3,5-6H2,1H3,(H,18,19)(H2,16,17,20)/t9-,10+/m1/s1.